The summed E-state index contributed by atoms with van der Waals surface area (Å²) in [7, 11) is 1.99. The first kappa shape index (κ1) is 13.7. The quantitative estimate of drug-likeness (QED) is 0.925. The van der Waals surface area contributed by atoms with Crippen LogP contribution in [0.1, 0.15) is 31.6 Å². The minimum atomic E-state index is 0.653. The number of furan rings is 1. The molecule has 0 saturated carbocycles. The molecule has 1 aromatic heterocycles. The molecule has 2 aromatic rings. The third-order valence-electron chi connectivity index (χ3n) is 4.40. The van der Waals surface area contributed by atoms with E-state index in [1.165, 1.54) is 23.9 Å². The highest BCUT2D eigenvalue weighted by atomic mass is 16.3. The molecule has 1 saturated heterocycles. The zero-order chi connectivity index (χ0) is 14.1. The fourth-order valence-corrected chi connectivity index (χ4v) is 3.44. The lowest BCUT2D eigenvalue weighted by Gasteiger charge is -2.20. The van der Waals surface area contributed by atoms with Gasteiger partial charge in [-0.1, -0.05) is 25.1 Å². The fraction of sp³-hybridized carbons (Fsp3) is 0.529. The van der Waals surface area contributed by atoms with Crippen molar-refractivity contribution in [2.75, 3.05) is 13.6 Å². The van der Waals surface area contributed by atoms with Gasteiger partial charge in [-0.2, -0.15) is 0 Å². The minimum absolute atomic E-state index is 0.653. The lowest BCUT2D eigenvalue weighted by Crippen LogP contribution is -2.27. The third kappa shape index (κ3) is 2.48. The Bertz CT molecular complexity index is 590. The molecule has 108 valence electrons. The molecule has 0 radical (unpaired) electrons. The first-order chi connectivity index (χ1) is 9.69. The van der Waals surface area contributed by atoms with Gasteiger partial charge < -0.3 is 9.73 Å². The molecule has 0 bridgehead atoms. The number of nitrogens with one attached hydrogen (secondary N) is 1. The number of benzene rings is 1. The molecule has 1 aromatic carbocycles. The first-order valence-corrected chi connectivity index (χ1v) is 7.57. The van der Waals surface area contributed by atoms with Crippen molar-refractivity contribution < 1.29 is 4.42 Å². The van der Waals surface area contributed by atoms with Gasteiger partial charge in [-0.25, -0.2) is 0 Å². The smallest absolute Gasteiger partial charge is 0.134 e. The summed E-state index contributed by atoms with van der Waals surface area (Å²) in [5.41, 5.74) is 2.32. The van der Waals surface area contributed by atoms with E-state index >= 15 is 0 Å². The van der Waals surface area contributed by atoms with E-state index in [2.05, 4.69) is 42.3 Å². The molecule has 2 atom stereocenters. The van der Waals surface area contributed by atoms with Crippen molar-refractivity contribution in [3.63, 3.8) is 0 Å². The summed E-state index contributed by atoms with van der Waals surface area (Å²) >= 11 is 0. The normalized spacial score (nSPS) is 23.8. The fourth-order valence-electron chi connectivity index (χ4n) is 3.44. The van der Waals surface area contributed by atoms with Crippen LogP contribution in [-0.2, 0) is 13.1 Å². The minimum Gasteiger partial charge on any atom is -0.459 e. The van der Waals surface area contributed by atoms with Gasteiger partial charge in [-0.05, 0) is 32.4 Å². The molecule has 2 heterocycles. The summed E-state index contributed by atoms with van der Waals surface area (Å²) in [6.07, 6.45) is 1.29. The van der Waals surface area contributed by atoms with Crippen molar-refractivity contribution in [2.24, 2.45) is 5.92 Å². The van der Waals surface area contributed by atoms with Gasteiger partial charge in [0.15, 0.2) is 0 Å². The molecule has 3 heteroatoms. The first-order valence-electron chi connectivity index (χ1n) is 7.57. The zero-order valence-electron chi connectivity index (χ0n) is 12.6. The standard InChI is InChI=1S/C17H24N2O/c1-12-8-13(2)19(10-12)11-17-15(9-18-3)14-6-4-5-7-16(14)20-17/h4-7,12-13,18H,8-11H2,1-3H3. The second-order valence-electron chi connectivity index (χ2n) is 6.15. The Kier molecular flexibility index (Phi) is 3.81. The van der Waals surface area contributed by atoms with Crippen LogP contribution in [0.25, 0.3) is 11.0 Å². The van der Waals surface area contributed by atoms with Gasteiger partial charge in [0.1, 0.15) is 11.3 Å². The second kappa shape index (κ2) is 5.58. The molecule has 1 aliphatic heterocycles. The van der Waals surface area contributed by atoms with Crippen LogP contribution in [0.15, 0.2) is 28.7 Å². The Morgan fingerprint density at radius 3 is 2.80 bits per heavy atom. The number of nitrogens with zero attached hydrogens (tertiary/aromatic N) is 1. The van der Waals surface area contributed by atoms with E-state index in [4.69, 9.17) is 4.42 Å². The topological polar surface area (TPSA) is 28.4 Å². The Labute approximate surface area is 120 Å². The van der Waals surface area contributed by atoms with E-state index in [-0.39, 0.29) is 0 Å². The van der Waals surface area contributed by atoms with Crippen LogP contribution in [0.4, 0.5) is 0 Å². The van der Waals surface area contributed by atoms with Crippen LogP contribution >= 0.6 is 0 Å². The molecule has 3 rings (SSSR count). The Balaban J connectivity index is 1.92. The SMILES string of the molecule is CNCc1c(CN2CC(C)CC2C)oc2ccccc12. The molecule has 2 unspecified atom stereocenters. The monoisotopic (exact) mass is 272 g/mol. The highest BCUT2D eigenvalue weighted by Gasteiger charge is 2.27. The molecule has 20 heavy (non-hydrogen) atoms. The van der Waals surface area contributed by atoms with Gasteiger partial charge in [-0.3, -0.25) is 4.90 Å². The van der Waals surface area contributed by atoms with Gasteiger partial charge in [0.25, 0.3) is 0 Å². The molecule has 0 aliphatic carbocycles. The lowest BCUT2D eigenvalue weighted by atomic mass is 10.1. The van der Waals surface area contributed by atoms with E-state index in [1.807, 2.05) is 13.1 Å². The van der Waals surface area contributed by atoms with Gasteiger partial charge >= 0.3 is 0 Å². The number of fused-ring (bicyclic) bond motifs is 1. The summed E-state index contributed by atoms with van der Waals surface area (Å²) in [6.45, 7) is 7.63. The largest absolute Gasteiger partial charge is 0.459 e. The van der Waals surface area contributed by atoms with E-state index in [0.717, 1.165) is 30.4 Å². The summed E-state index contributed by atoms with van der Waals surface area (Å²) in [6, 6.07) is 9.00. The average Bonchev–Trinajstić information content (AvgIpc) is 2.92. The second-order valence-corrected chi connectivity index (χ2v) is 6.15. The highest BCUT2D eigenvalue weighted by Crippen LogP contribution is 2.30. The summed E-state index contributed by atoms with van der Waals surface area (Å²) in [5.74, 6) is 1.92. The summed E-state index contributed by atoms with van der Waals surface area (Å²) in [4.78, 5) is 2.54. The van der Waals surface area contributed by atoms with Crippen LogP contribution in [-0.4, -0.2) is 24.5 Å². The third-order valence-corrected chi connectivity index (χ3v) is 4.40. The van der Waals surface area contributed by atoms with E-state index < -0.39 is 0 Å². The predicted molar refractivity (Wildman–Crippen MR) is 82.6 cm³/mol. The summed E-state index contributed by atoms with van der Waals surface area (Å²) in [5, 5.41) is 4.52. The van der Waals surface area contributed by atoms with Crippen molar-refractivity contribution in [3.8, 4) is 0 Å². The molecular formula is C17H24N2O. The van der Waals surface area contributed by atoms with E-state index in [0.29, 0.717) is 6.04 Å². The van der Waals surface area contributed by atoms with Crippen LogP contribution < -0.4 is 5.32 Å². The van der Waals surface area contributed by atoms with Gasteiger partial charge in [0, 0.05) is 30.1 Å². The van der Waals surface area contributed by atoms with Crippen molar-refractivity contribution in [3.05, 3.63) is 35.6 Å². The number of hydrogen-bond donors (Lipinski definition) is 1. The van der Waals surface area contributed by atoms with Crippen molar-refractivity contribution in [1.82, 2.24) is 10.2 Å². The van der Waals surface area contributed by atoms with E-state index in [9.17, 15) is 0 Å². The number of likely N-dealkylation sites (tertiary alicyclic amines) is 1. The average molecular weight is 272 g/mol. The maximum atomic E-state index is 6.12. The molecular weight excluding hydrogens is 248 g/mol. The van der Waals surface area contributed by atoms with Crippen LogP contribution in [0.5, 0.6) is 0 Å². The van der Waals surface area contributed by atoms with Crippen molar-refractivity contribution in [2.45, 2.75) is 39.4 Å². The number of rotatable bonds is 4. The molecule has 1 N–H and O–H groups in total. The number of hydrogen-bond acceptors (Lipinski definition) is 3. The Hall–Kier alpha value is -1.32. The van der Waals surface area contributed by atoms with Gasteiger partial charge in [0.05, 0.1) is 6.54 Å². The van der Waals surface area contributed by atoms with Gasteiger partial charge in [-0.15, -0.1) is 0 Å². The molecule has 1 aliphatic rings. The maximum Gasteiger partial charge on any atom is 0.134 e. The predicted octanol–water partition coefficient (Wildman–Crippen LogP) is 3.38. The van der Waals surface area contributed by atoms with Crippen LogP contribution in [0.2, 0.25) is 0 Å². The Morgan fingerprint density at radius 1 is 1.30 bits per heavy atom. The van der Waals surface area contributed by atoms with Gasteiger partial charge in [0.2, 0.25) is 0 Å². The van der Waals surface area contributed by atoms with Crippen molar-refractivity contribution in [1.29, 1.82) is 0 Å². The highest BCUT2D eigenvalue weighted by molar-refractivity contribution is 5.82. The maximum absolute atomic E-state index is 6.12. The van der Waals surface area contributed by atoms with Crippen molar-refractivity contribution >= 4 is 11.0 Å². The molecule has 3 nitrogen and oxygen atoms in total. The van der Waals surface area contributed by atoms with Crippen LogP contribution in [0.3, 0.4) is 0 Å². The van der Waals surface area contributed by atoms with E-state index in [1.54, 1.807) is 0 Å². The molecule has 1 fully saturated rings. The molecule has 0 spiro atoms. The number of para-hydroxylation sites is 1. The Morgan fingerprint density at radius 2 is 2.10 bits per heavy atom. The zero-order valence-corrected chi connectivity index (χ0v) is 12.6. The molecule has 0 amide bonds. The lowest BCUT2D eigenvalue weighted by molar-refractivity contribution is 0.236. The van der Waals surface area contributed by atoms with Crippen LogP contribution in [0, 0.1) is 5.92 Å². The summed E-state index contributed by atoms with van der Waals surface area (Å²) < 4.78 is 6.12.